The first-order valence-corrected chi connectivity index (χ1v) is 40.3. The summed E-state index contributed by atoms with van der Waals surface area (Å²) in [7, 11) is -9.90. The highest BCUT2D eigenvalue weighted by Crippen LogP contribution is 2.45. The molecule has 0 spiro atoms. The van der Waals surface area contributed by atoms with Gasteiger partial charge in [0.05, 0.1) is 26.4 Å². The summed E-state index contributed by atoms with van der Waals surface area (Å²) in [5, 5.41) is 10.6. The van der Waals surface area contributed by atoms with Crippen molar-refractivity contribution < 1.29 is 80.2 Å². The molecule has 540 valence electrons. The second-order valence-electron chi connectivity index (χ2n) is 27.2. The summed E-state index contributed by atoms with van der Waals surface area (Å²) < 4.78 is 68.2. The van der Waals surface area contributed by atoms with Crippen LogP contribution < -0.4 is 0 Å². The normalized spacial score (nSPS) is 15.1. The van der Waals surface area contributed by atoms with Crippen molar-refractivity contribution >= 4 is 39.5 Å². The molecular weight excluding hydrogens is 1200 g/mol. The minimum absolute atomic E-state index is 0.101. The Morgan fingerprint density at radius 2 is 0.527 bits per heavy atom. The van der Waals surface area contributed by atoms with Gasteiger partial charge in [-0.3, -0.25) is 37.3 Å². The van der Waals surface area contributed by atoms with Crippen LogP contribution in [-0.2, 0) is 65.4 Å². The zero-order valence-electron chi connectivity index (χ0n) is 59.5. The fourth-order valence-corrected chi connectivity index (χ4v) is 12.3. The predicted octanol–water partition coefficient (Wildman–Crippen LogP) is 20.5. The summed E-state index contributed by atoms with van der Waals surface area (Å²) in [4.78, 5) is 72.5. The van der Waals surface area contributed by atoms with Crippen LogP contribution in [0.1, 0.15) is 357 Å². The van der Waals surface area contributed by atoms with Gasteiger partial charge in [-0.2, -0.15) is 0 Å². The van der Waals surface area contributed by atoms with Crippen molar-refractivity contribution in [1.29, 1.82) is 0 Å². The van der Waals surface area contributed by atoms with Gasteiger partial charge in [0.25, 0.3) is 0 Å². The fraction of sp³-hybridized carbons (Fsp3) is 0.944. The number of esters is 4. The van der Waals surface area contributed by atoms with Gasteiger partial charge in [0.2, 0.25) is 0 Å². The van der Waals surface area contributed by atoms with Crippen LogP contribution in [0.2, 0.25) is 0 Å². The average molecular weight is 1340 g/mol. The Morgan fingerprint density at radius 1 is 0.308 bits per heavy atom. The van der Waals surface area contributed by atoms with E-state index in [0.29, 0.717) is 31.6 Å². The molecule has 8 atom stereocenters. The fourth-order valence-electron chi connectivity index (χ4n) is 10.7. The third-order valence-corrected chi connectivity index (χ3v) is 19.6. The van der Waals surface area contributed by atoms with Crippen molar-refractivity contribution in [1.82, 2.24) is 0 Å². The number of phosphoric ester groups is 2. The molecule has 0 aromatic carbocycles. The van der Waals surface area contributed by atoms with Crippen molar-refractivity contribution in [3.05, 3.63) is 0 Å². The second-order valence-corrected chi connectivity index (χ2v) is 30.1. The first-order valence-electron chi connectivity index (χ1n) is 37.3. The number of aliphatic hydroxyl groups excluding tert-OH is 1. The van der Waals surface area contributed by atoms with Crippen molar-refractivity contribution in [3.8, 4) is 0 Å². The van der Waals surface area contributed by atoms with Crippen LogP contribution in [0, 0.1) is 23.7 Å². The zero-order chi connectivity index (χ0) is 67.5. The highest BCUT2D eigenvalue weighted by atomic mass is 31.2. The number of rotatable bonds is 69. The molecule has 91 heavy (non-hydrogen) atoms. The Bertz CT molecular complexity index is 1800. The number of hydrogen-bond donors (Lipinski definition) is 3. The lowest BCUT2D eigenvalue weighted by atomic mass is 9.99. The van der Waals surface area contributed by atoms with Crippen LogP contribution in [0.15, 0.2) is 0 Å². The van der Waals surface area contributed by atoms with Crippen LogP contribution in [0.25, 0.3) is 0 Å². The molecule has 3 N–H and O–H groups in total. The first kappa shape index (κ1) is 89.1. The molecule has 0 aliphatic heterocycles. The number of aliphatic hydroxyl groups is 1. The van der Waals surface area contributed by atoms with Gasteiger partial charge in [-0.1, -0.05) is 306 Å². The predicted molar refractivity (Wildman–Crippen MR) is 367 cm³/mol. The summed E-state index contributed by atoms with van der Waals surface area (Å²) in [6, 6.07) is 0. The smallest absolute Gasteiger partial charge is 0.462 e. The molecule has 0 radical (unpaired) electrons. The van der Waals surface area contributed by atoms with Crippen molar-refractivity contribution in [3.63, 3.8) is 0 Å². The van der Waals surface area contributed by atoms with Gasteiger partial charge in [-0.05, 0) is 49.4 Å². The van der Waals surface area contributed by atoms with E-state index < -0.39 is 97.5 Å². The topological polar surface area (TPSA) is 237 Å². The number of carbonyl (C=O) groups excluding carboxylic acids is 4. The molecule has 19 heteroatoms. The third-order valence-electron chi connectivity index (χ3n) is 17.7. The maximum atomic E-state index is 13.0. The van der Waals surface area contributed by atoms with E-state index in [4.69, 9.17) is 37.0 Å². The van der Waals surface area contributed by atoms with Crippen molar-refractivity contribution in [2.45, 2.75) is 375 Å². The minimum Gasteiger partial charge on any atom is -0.462 e. The summed E-state index contributed by atoms with van der Waals surface area (Å²) >= 11 is 0. The Morgan fingerprint density at radius 3 is 0.780 bits per heavy atom. The molecule has 0 saturated heterocycles. The second kappa shape index (κ2) is 61.6. The molecule has 0 rings (SSSR count). The first-order chi connectivity index (χ1) is 43.7. The van der Waals surface area contributed by atoms with Gasteiger partial charge in [0.15, 0.2) is 12.2 Å². The lowest BCUT2D eigenvalue weighted by molar-refractivity contribution is -0.161. The molecule has 0 aromatic heterocycles. The van der Waals surface area contributed by atoms with Crippen LogP contribution in [-0.4, -0.2) is 96.7 Å². The van der Waals surface area contributed by atoms with E-state index in [9.17, 15) is 43.2 Å². The molecule has 0 aliphatic carbocycles. The van der Waals surface area contributed by atoms with Crippen LogP contribution in [0.4, 0.5) is 0 Å². The Balaban J connectivity index is 5.14. The van der Waals surface area contributed by atoms with Crippen LogP contribution in [0.5, 0.6) is 0 Å². The zero-order valence-corrected chi connectivity index (χ0v) is 61.3. The van der Waals surface area contributed by atoms with Gasteiger partial charge < -0.3 is 33.8 Å². The van der Waals surface area contributed by atoms with Gasteiger partial charge in [-0.25, -0.2) is 9.13 Å². The molecule has 0 saturated carbocycles. The molecule has 0 aliphatic rings. The molecule has 0 heterocycles. The maximum absolute atomic E-state index is 13.0. The molecule has 0 aromatic rings. The van der Waals surface area contributed by atoms with Crippen LogP contribution >= 0.6 is 15.6 Å². The lowest BCUT2D eigenvalue weighted by Gasteiger charge is -2.21. The molecule has 0 fully saturated rings. The Hall–Kier alpha value is -1.94. The summed E-state index contributed by atoms with van der Waals surface area (Å²) in [5.41, 5.74) is 0. The third kappa shape index (κ3) is 62.6. The Kier molecular flexibility index (Phi) is 60.3. The molecule has 0 bridgehead atoms. The number of phosphoric acid groups is 2. The average Bonchev–Trinajstić information content (AvgIpc) is 3.63. The van der Waals surface area contributed by atoms with Gasteiger partial charge in [-0.15, -0.1) is 0 Å². The molecular formula is C72H140O17P2. The molecule has 5 unspecified atom stereocenters. The number of carbonyl (C=O) groups is 4. The number of ether oxygens (including phenoxy) is 4. The number of hydrogen-bond acceptors (Lipinski definition) is 15. The van der Waals surface area contributed by atoms with E-state index in [2.05, 4.69) is 55.4 Å². The van der Waals surface area contributed by atoms with Crippen LogP contribution in [0.3, 0.4) is 0 Å². The van der Waals surface area contributed by atoms with Gasteiger partial charge in [0, 0.05) is 25.7 Å². The molecule has 17 nitrogen and oxygen atoms in total. The highest BCUT2D eigenvalue weighted by Gasteiger charge is 2.30. The van der Waals surface area contributed by atoms with E-state index in [1.165, 1.54) is 148 Å². The largest absolute Gasteiger partial charge is 0.472 e. The van der Waals surface area contributed by atoms with E-state index in [1.54, 1.807) is 0 Å². The Labute approximate surface area is 556 Å². The van der Waals surface area contributed by atoms with E-state index >= 15 is 0 Å². The van der Waals surface area contributed by atoms with Gasteiger partial charge >= 0.3 is 39.5 Å². The highest BCUT2D eigenvalue weighted by molar-refractivity contribution is 7.47. The van der Waals surface area contributed by atoms with Crippen molar-refractivity contribution in [2.75, 3.05) is 39.6 Å². The molecule has 0 amide bonds. The van der Waals surface area contributed by atoms with Crippen molar-refractivity contribution in [2.24, 2.45) is 23.7 Å². The van der Waals surface area contributed by atoms with E-state index in [0.717, 1.165) is 120 Å². The SMILES string of the molecule is CCC(C)CCCCCCCCCCCCCCCCCCCCC(=O)O[C@H](COC(=O)CCCCCCCCC(C)CC)COP(=O)(O)OC[C@H](O)COP(=O)(O)OC[C@@H](COC(=O)CCCCCCCCC(C)C)OC(=O)CCCCCCCCC(C)CC. The van der Waals surface area contributed by atoms with Gasteiger partial charge in [0.1, 0.15) is 19.3 Å². The monoisotopic (exact) mass is 1340 g/mol. The van der Waals surface area contributed by atoms with E-state index in [-0.39, 0.29) is 25.7 Å². The summed E-state index contributed by atoms with van der Waals surface area (Å²) in [6.45, 7) is 14.1. The summed E-state index contributed by atoms with van der Waals surface area (Å²) in [6.07, 6.45) is 44.8. The van der Waals surface area contributed by atoms with E-state index in [1.807, 2.05) is 0 Å². The minimum atomic E-state index is -4.95. The number of unbranched alkanes of at least 4 members (excludes halogenated alkanes) is 32. The standard InChI is InChI=1S/C72H140O17P2/c1-9-63(6)49-41-33-24-22-20-18-16-14-12-13-15-17-19-21-23-25-38-46-54-71(76)88-67(58-83-70(75)53-45-37-30-27-34-42-50-64(7)10-2)60-86-90(78,79)84-56-66(73)57-85-91(80,81)87-61-68(59-82-69(74)52-44-36-29-26-32-40-48-62(4)5)89-72(77)55-47-39-31-28-35-43-51-65(8)11-3/h62-68,73H,9-61H2,1-8H3,(H,78,79)(H,80,81)/t63?,64?,65?,66-,67+,68+/m0/s1. The lowest BCUT2D eigenvalue weighted by Crippen LogP contribution is -2.30. The summed E-state index contributed by atoms with van der Waals surface area (Å²) in [5.74, 6) is 0.867. The quantitative estimate of drug-likeness (QED) is 0.0222. The maximum Gasteiger partial charge on any atom is 0.472 e.